The summed E-state index contributed by atoms with van der Waals surface area (Å²) in [4.78, 5) is 13.0. The highest BCUT2D eigenvalue weighted by molar-refractivity contribution is 5.79. The smallest absolute Gasteiger partial charge is 0.310 e. The first-order valence-corrected chi connectivity index (χ1v) is 12.8. The van der Waals surface area contributed by atoms with Gasteiger partial charge in [0.1, 0.15) is 24.4 Å². The van der Waals surface area contributed by atoms with Crippen LogP contribution in [0.2, 0.25) is 0 Å². The molecule has 1 aliphatic carbocycles. The first kappa shape index (κ1) is 26.7. The van der Waals surface area contributed by atoms with E-state index in [4.69, 9.17) is 33.2 Å². The highest BCUT2D eigenvalue weighted by Crippen LogP contribution is 2.56. The molecular weight excluding hydrogens is 532 g/mol. The molecular formula is C27H30O13. The molecule has 0 unspecified atom stereocenters. The zero-order chi connectivity index (χ0) is 28.3. The fourth-order valence-corrected chi connectivity index (χ4v) is 6.07. The third kappa shape index (κ3) is 4.08. The molecule has 4 aliphatic rings. The van der Waals surface area contributed by atoms with Crippen LogP contribution in [0.1, 0.15) is 22.6 Å². The number of cyclic esters (lactones) is 1. The van der Waals surface area contributed by atoms with Gasteiger partial charge >= 0.3 is 5.97 Å². The van der Waals surface area contributed by atoms with Gasteiger partial charge in [-0.1, -0.05) is 0 Å². The molecule has 0 bridgehead atoms. The Labute approximate surface area is 228 Å². The van der Waals surface area contributed by atoms with Crippen LogP contribution in [0.5, 0.6) is 34.5 Å². The fourth-order valence-electron chi connectivity index (χ4n) is 6.07. The molecule has 2 aromatic rings. The lowest BCUT2D eigenvalue weighted by Crippen LogP contribution is -2.60. The number of fused-ring (bicyclic) bond motifs is 3. The number of hydrogen-bond donors (Lipinski definition) is 5. The Hall–Kier alpha value is -3.49. The van der Waals surface area contributed by atoms with Crippen LogP contribution in [0.25, 0.3) is 0 Å². The standard InChI is InChI=1S/C27H30O13/c1-34-14-4-10(5-15(35-2)20(14)29)18-12-6-16-25(38-9-37-16)24(13(12)3-11-8-36-26(33)19(11)18)40-27-23(32)22(31)21(30)17(7-28)39-27/h4-6,11,17-19,21-23,27-32H,3,7-9H2,1-2H3/t11-,17+,18-,19+,21+,22-,23+,27-/m1/s1. The third-order valence-electron chi connectivity index (χ3n) is 8.08. The second-order valence-electron chi connectivity index (χ2n) is 10.2. The minimum absolute atomic E-state index is 0.107. The van der Waals surface area contributed by atoms with E-state index in [0.29, 0.717) is 28.9 Å². The second kappa shape index (κ2) is 10.2. The predicted molar refractivity (Wildman–Crippen MR) is 132 cm³/mol. The molecule has 6 rings (SSSR count). The lowest BCUT2D eigenvalue weighted by atomic mass is 9.67. The lowest BCUT2D eigenvalue weighted by molar-refractivity contribution is -0.277. The third-order valence-corrected chi connectivity index (χ3v) is 8.08. The zero-order valence-electron chi connectivity index (χ0n) is 21.7. The van der Waals surface area contributed by atoms with E-state index in [1.54, 1.807) is 18.2 Å². The average molecular weight is 563 g/mol. The van der Waals surface area contributed by atoms with Crippen LogP contribution in [0.3, 0.4) is 0 Å². The quantitative estimate of drug-likeness (QED) is 0.292. The Morgan fingerprint density at radius 3 is 2.38 bits per heavy atom. The van der Waals surface area contributed by atoms with E-state index in [0.717, 1.165) is 0 Å². The molecule has 0 aromatic heterocycles. The highest BCUT2D eigenvalue weighted by atomic mass is 16.7. The van der Waals surface area contributed by atoms with Crippen LogP contribution >= 0.6 is 0 Å². The number of aliphatic hydroxyl groups is 4. The van der Waals surface area contributed by atoms with Crippen LogP contribution in [0.15, 0.2) is 18.2 Å². The Morgan fingerprint density at radius 1 is 0.975 bits per heavy atom. The molecule has 40 heavy (non-hydrogen) atoms. The highest BCUT2D eigenvalue weighted by Gasteiger charge is 2.51. The van der Waals surface area contributed by atoms with Gasteiger partial charge in [0, 0.05) is 17.4 Å². The zero-order valence-corrected chi connectivity index (χ0v) is 21.7. The summed E-state index contributed by atoms with van der Waals surface area (Å²) < 4.78 is 39.4. The Balaban J connectivity index is 1.50. The monoisotopic (exact) mass is 562 g/mol. The second-order valence-corrected chi connectivity index (χ2v) is 10.2. The molecule has 0 spiro atoms. The lowest BCUT2D eigenvalue weighted by Gasteiger charge is -2.40. The van der Waals surface area contributed by atoms with Gasteiger partial charge in [0.25, 0.3) is 0 Å². The summed E-state index contributed by atoms with van der Waals surface area (Å²) in [6.07, 6.45) is -7.15. The fraction of sp³-hybridized carbons (Fsp3) is 0.519. The molecule has 3 aliphatic heterocycles. The topological polar surface area (TPSA) is 183 Å². The van der Waals surface area contributed by atoms with Crippen molar-refractivity contribution in [1.29, 1.82) is 0 Å². The van der Waals surface area contributed by atoms with Crippen LogP contribution in [-0.4, -0.2) is 96.4 Å². The van der Waals surface area contributed by atoms with Crippen molar-refractivity contribution in [2.45, 2.75) is 43.0 Å². The number of carbonyl (C=O) groups excluding carboxylic acids is 1. The van der Waals surface area contributed by atoms with Crippen molar-refractivity contribution in [2.75, 3.05) is 34.2 Å². The average Bonchev–Trinajstić information content (AvgIpc) is 3.58. The van der Waals surface area contributed by atoms with E-state index >= 15 is 0 Å². The number of methoxy groups -OCH3 is 2. The predicted octanol–water partition coefficient (Wildman–Crippen LogP) is -0.206. The molecule has 216 valence electrons. The van der Waals surface area contributed by atoms with Crippen molar-refractivity contribution in [1.82, 2.24) is 0 Å². The minimum atomic E-state index is -1.65. The van der Waals surface area contributed by atoms with Crippen molar-refractivity contribution >= 4 is 5.97 Å². The van der Waals surface area contributed by atoms with Gasteiger partial charge in [-0.05, 0) is 35.7 Å². The van der Waals surface area contributed by atoms with Gasteiger partial charge in [0.15, 0.2) is 23.0 Å². The number of phenolic OH excluding ortho intramolecular Hbond substituents is 1. The summed E-state index contributed by atoms with van der Waals surface area (Å²) in [6.45, 7) is -0.561. The van der Waals surface area contributed by atoms with E-state index in [1.807, 2.05) is 0 Å². The molecule has 3 heterocycles. The Kier molecular flexibility index (Phi) is 6.79. The Morgan fingerprint density at radius 2 is 1.70 bits per heavy atom. The number of ether oxygens (including phenoxy) is 7. The van der Waals surface area contributed by atoms with Gasteiger partial charge in [-0.2, -0.15) is 0 Å². The van der Waals surface area contributed by atoms with Gasteiger partial charge < -0.3 is 58.7 Å². The van der Waals surface area contributed by atoms with E-state index in [1.165, 1.54) is 14.2 Å². The maximum Gasteiger partial charge on any atom is 0.310 e. The van der Waals surface area contributed by atoms with Gasteiger partial charge in [0.2, 0.25) is 24.6 Å². The summed E-state index contributed by atoms with van der Waals surface area (Å²) in [5, 5.41) is 51.3. The van der Waals surface area contributed by atoms with Crippen molar-refractivity contribution in [2.24, 2.45) is 11.8 Å². The van der Waals surface area contributed by atoms with Gasteiger partial charge in [-0.15, -0.1) is 0 Å². The van der Waals surface area contributed by atoms with Gasteiger partial charge in [-0.25, -0.2) is 0 Å². The largest absolute Gasteiger partial charge is 0.502 e. The number of benzene rings is 2. The molecule has 0 radical (unpaired) electrons. The first-order valence-electron chi connectivity index (χ1n) is 12.8. The van der Waals surface area contributed by atoms with E-state index in [-0.39, 0.29) is 54.0 Å². The molecule has 13 nitrogen and oxygen atoms in total. The number of hydrogen-bond acceptors (Lipinski definition) is 13. The van der Waals surface area contributed by atoms with E-state index < -0.39 is 49.1 Å². The molecule has 13 heteroatoms. The summed E-state index contributed by atoms with van der Waals surface area (Å²) in [5.74, 6) is -0.932. The summed E-state index contributed by atoms with van der Waals surface area (Å²) in [7, 11) is 2.81. The van der Waals surface area contributed by atoms with E-state index in [9.17, 15) is 30.3 Å². The van der Waals surface area contributed by atoms with Gasteiger partial charge in [-0.3, -0.25) is 4.79 Å². The summed E-state index contributed by atoms with van der Waals surface area (Å²) >= 11 is 0. The SMILES string of the molecule is COc1cc([C@@H]2c3cc4c(c(O[C@H]5O[C@@H](CO)[C@H](O)[C@@H](O)[C@@H]5O)c3C[C@@H]3COC(=O)[C@@H]32)OCO4)cc(OC)c1O. The van der Waals surface area contributed by atoms with Crippen molar-refractivity contribution in [3.05, 3.63) is 34.9 Å². The Bertz CT molecular complexity index is 1280. The minimum Gasteiger partial charge on any atom is -0.502 e. The number of aromatic hydroxyl groups is 1. The van der Waals surface area contributed by atoms with Crippen molar-refractivity contribution in [3.8, 4) is 34.5 Å². The number of carbonyl (C=O) groups is 1. The maximum atomic E-state index is 13.0. The molecule has 5 N–H and O–H groups in total. The number of rotatable bonds is 6. The van der Waals surface area contributed by atoms with Crippen LogP contribution in [0, 0.1) is 11.8 Å². The summed E-state index contributed by atoms with van der Waals surface area (Å²) in [5.41, 5.74) is 1.90. The maximum absolute atomic E-state index is 13.0. The first-order chi connectivity index (χ1) is 19.3. The normalized spacial score (nSPS) is 32.2. The molecule has 2 fully saturated rings. The summed E-state index contributed by atoms with van der Waals surface area (Å²) in [6, 6.07) is 5.02. The molecule has 8 atom stereocenters. The number of phenols is 1. The van der Waals surface area contributed by atoms with Gasteiger partial charge in [0.05, 0.1) is 33.4 Å². The number of aliphatic hydroxyl groups excluding tert-OH is 4. The number of esters is 1. The van der Waals surface area contributed by atoms with Crippen molar-refractivity contribution < 1.29 is 63.5 Å². The van der Waals surface area contributed by atoms with Crippen LogP contribution in [-0.2, 0) is 20.7 Å². The molecule has 2 aromatic carbocycles. The van der Waals surface area contributed by atoms with Crippen LogP contribution in [0.4, 0.5) is 0 Å². The molecule has 2 saturated heterocycles. The van der Waals surface area contributed by atoms with Crippen molar-refractivity contribution in [3.63, 3.8) is 0 Å². The van der Waals surface area contributed by atoms with E-state index in [2.05, 4.69) is 0 Å². The van der Waals surface area contributed by atoms with Crippen LogP contribution < -0.4 is 23.7 Å². The molecule has 0 saturated carbocycles. The molecule has 0 amide bonds.